The fourth-order valence-corrected chi connectivity index (χ4v) is 5.67. The van der Waals surface area contributed by atoms with Crippen LogP contribution in [0, 0.1) is 18.3 Å². The van der Waals surface area contributed by atoms with Gasteiger partial charge in [0.2, 0.25) is 0 Å². The van der Waals surface area contributed by atoms with Gasteiger partial charge in [-0.2, -0.15) is 5.26 Å². The molecule has 2 atom stereocenters. The summed E-state index contributed by atoms with van der Waals surface area (Å²) in [6, 6.07) is 19.2. The number of hydrogen-bond acceptors (Lipinski definition) is 7. The standard InChI is InChI=1S/C32H27N3O5S/c1-19-12-22(15-24(34-19)16-25-14-20(10-11-35(25)2)13-23(18-33)31(36)37)28-9-8-26(41-28)17-27(32(38)39)30-29(40-30)21-6-4-3-5-7-21/h3-10,12-15,17,29-30H,11,16H2,1-2H3,(H,36,37)(H,38,39)/b23-13-,27-17-. The molecule has 2 N–H and O–H groups in total. The number of allylic oxidation sites excluding steroid dienone is 4. The van der Waals surface area contributed by atoms with E-state index in [0.29, 0.717) is 18.5 Å². The molecule has 4 heterocycles. The summed E-state index contributed by atoms with van der Waals surface area (Å²) < 4.78 is 5.73. The average Bonchev–Trinajstić information content (AvgIpc) is 3.59. The maximum absolute atomic E-state index is 12.1. The van der Waals surface area contributed by atoms with Crippen molar-refractivity contribution < 1.29 is 24.5 Å². The Labute approximate surface area is 241 Å². The summed E-state index contributed by atoms with van der Waals surface area (Å²) in [6.07, 6.45) is 6.60. The number of aryl methyl sites for hydroxylation is 1. The third kappa shape index (κ3) is 6.52. The lowest BCUT2D eigenvalue weighted by Gasteiger charge is -2.25. The number of nitrogens with zero attached hydrogens (tertiary/aromatic N) is 3. The van der Waals surface area contributed by atoms with Gasteiger partial charge in [-0.25, -0.2) is 9.59 Å². The minimum Gasteiger partial charge on any atom is -0.478 e. The lowest BCUT2D eigenvalue weighted by Crippen LogP contribution is -2.23. The first kappa shape index (κ1) is 27.8. The molecule has 5 rings (SSSR count). The van der Waals surface area contributed by atoms with Crippen LogP contribution in [0.2, 0.25) is 0 Å². The van der Waals surface area contributed by atoms with Crippen molar-refractivity contribution in [3.05, 3.63) is 117 Å². The van der Waals surface area contributed by atoms with E-state index in [1.165, 1.54) is 17.4 Å². The summed E-state index contributed by atoms with van der Waals surface area (Å²) in [5.41, 5.74) is 5.16. The number of pyridine rings is 1. The zero-order chi connectivity index (χ0) is 29.1. The summed E-state index contributed by atoms with van der Waals surface area (Å²) in [7, 11) is 1.95. The van der Waals surface area contributed by atoms with Crippen LogP contribution in [-0.2, 0) is 20.7 Å². The van der Waals surface area contributed by atoms with Crippen LogP contribution in [0.1, 0.15) is 27.9 Å². The second-order valence-corrected chi connectivity index (χ2v) is 11.0. The van der Waals surface area contributed by atoms with Crippen molar-refractivity contribution in [1.29, 1.82) is 5.26 Å². The molecule has 8 nitrogen and oxygen atoms in total. The molecule has 0 spiro atoms. The predicted octanol–water partition coefficient (Wildman–Crippen LogP) is 5.56. The van der Waals surface area contributed by atoms with Gasteiger partial charge < -0.3 is 19.8 Å². The highest BCUT2D eigenvalue weighted by molar-refractivity contribution is 7.16. The lowest BCUT2D eigenvalue weighted by atomic mass is 10.0. The summed E-state index contributed by atoms with van der Waals surface area (Å²) in [5, 5.41) is 28.2. The molecule has 3 aromatic rings. The van der Waals surface area contributed by atoms with E-state index < -0.39 is 18.0 Å². The van der Waals surface area contributed by atoms with Gasteiger partial charge in [-0.15, -0.1) is 11.3 Å². The second kappa shape index (κ2) is 11.8. The Morgan fingerprint density at radius 3 is 2.63 bits per heavy atom. The minimum atomic E-state index is -1.26. The van der Waals surface area contributed by atoms with Crippen LogP contribution in [0.15, 0.2) is 95.2 Å². The molecule has 2 aliphatic rings. The fraction of sp³-hybridized carbons (Fsp3) is 0.188. The highest BCUT2D eigenvalue weighted by Gasteiger charge is 2.45. The molecule has 0 bridgehead atoms. The zero-order valence-corrected chi connectivity index (χ0v) is 23.3. The number of rotatable bonds is 9. The Balaban J connectivity index is 1.36. The lowest BCUT2D eigenvalue weighted by molar-refractivity contribution is -0.133. The number of aromatic nitrogens is 1. The number of likely N-dealkylation sites (N-methyl/N-ethyl adjacent to an activating group) is 1. The Bertz CT molecular complexity index is 1680. The van der Waals surface area contributed by atoms with Gasteiger partial charge in [0, 0.05) is 46.9 Å². The number of aliphatic carboxylic acids is 2. The number of epoxide rings is 1. The van der Waals surface area contributed by atoms with Crippen LogP contribution < -0.4 is 0 Å². The number of carbonyl (C=O) groups is 2. The molecular formula is C32H27N3O5S. The molecule has 0 saturated carbocycles. The molecule has 0 aliphatic carbocycles. The summed E-state index contributed by atoms with van der Waals surface area (Å²) in [4.78, 5) is 31.9. The van der Waals surface area contributed by atoms with E-state index in [2.05, 4.69) is 4.90 Å². The number of benzene rings is 1. The Kier molecular flexibility index (Phi) is 7.97. The first-order valence-corrected chi connectivity index (χ1v) is 13.7. The van der Waals surface area contributed by atoms with Crippen molar-refractivity contribution in [2.45, 2.75) is 25.6 Å². The van der Waals surface area contributed by atoms with Gasteiger partial charge in [-0.1, -0.05) is 36.4 Å². The summed E-state index contributed by atoms with van der Waals surface area (Å²) in [6.45, 7) is 2.51. The molecule has 2 unspecified atom stereocenters. The number of thiophene rings is 1. The fourth-order valence-electron chi connectivity index (χ4n) is 4.72. The molecule has 1 fully saturated rings. The Morgan fingerprint density at radius 1 is 1.15 bits per heavy atom. The van der Waals surface area contributed by atoms with Crippen LogP contribution in [0.5, 0.6) is 0 Å². The minimum absolute atomic E-state index is 0.228. The van der Waals surface area contributed by atoms with E-state index in [1.807, 2.05) is 80.7 Å². The van der Waals surface area contributed by atoms with Crippen LogP contribution in [0.3, 0.4) is 0 Å². The molecule has 41 heavy (non-hydrogen) atoms. The maximum atomic E-state index is 12.1. The SMILES string of the molecule is Cc1cc(-c2ccc(/C=C(\C(=O)O)C3OC3c3ccccc3)s2)cc(CC2=CC(/C=C(/C#N)C(=O)O)=CCN2C)n1. The number of nitriles is 1. The largest absolute Gasteiger partial charge is 0.478 e. The first-order chi connectivity index (χ1) is 19.7. The summed E-state index contributed by atoms with van der Waals surface area (Å²) in [5.74, 6) is -2.25. The maximum Gasteiger partial charge on any atom is 0.346 e. The van der Waals surface area contributed by atoms with E-state index in [0.717, 1.165) is 38.0 Å². The molecule has 9 heteroatoms. The average molecular weight is 566 g/mol. The van der Waals surface area contributed by atoms with Crippen LogP contribution >= 0.6 is 11.3 Å². The number of ether oxygens (including phenoxy) is 1. The molecule has 2 aromatic heterocycles. The highest BCUT2D eigenvalue weighted by Crippen LogP contribution is 2.44. The van der Waals surface area contributed by atoms with E-state index in [-0.39, 0.29) is 17.3 Å². The first-order valence-electron chi connectivity index (χ1n) is 12.9. The van der Waals surface area contributed by atoms with Crippen molar-refractivity contribution in [3.63, 3.8) is 0 Å². The van der Waals surface area contributed by atoms with Gasteiger partial charge in [0.1, 0.15) is 23.9 Å². The Morgan fingerprint density at radius 2 is 1.93 bits per heavy atom. The van der Waals surface area contributed by atoms with Crippen molar-refractivity contribution >= 4 is 29.4 Å². The Hall–Kier alpha value is -4.78. The quantitative estimate of drug-likeness (QED) is 0.196. The molecule has 0 amide bonds. The van der Waals surface area contributed by atoms with Crippen molar-refractivity contribution in [3.8, 4) is 16.5 Å². The van der Waals surface area contributed by atoms with Crippen LogP contribution in [-0.4, -0.2) is 51.7 Å². The van der Waals surface area contributed by atoms with Crippen LogP contribution in [0.4, 0.5) is 0 Å². The monoisotopic (exact) mass is 565 g/mol. The molecule has 206 valence electrons. The normalized spacial score (nSPS) is 18.8. The second-order valence-electron chi connectivity index (χ2n) is 9.86. The molecule has 1 saturated heterocycles. The van der Waals surface area contributed by atoms with Gasteiger partial charge in [0.05, 0.1) is 5.57 Å². The zero-order valence-electron chi connectivity index (χ0n) is 22.4. The number of carboxylic acid groups (broad SMARTS) is 2. The summed E-state index contributed by atoms with van der Waals surface area (Å²) >= 11 is 1.50. The topological polar surface area (TPSA) is 127 Å². The third-order valence-electron chi connectivity index (χ3n) is 6.84. The van der Waals surface area contributed by atoms with Gasteiger partial charge in [0.15, 0.2) is 0 Å². The number of hydrogen-bond donors (Lipinski definition) is 2. The highest BCUT2D eigenvalue weighted by atomic mass is 32.1. The van der Waals surface area contributed by atoms with Crippen molar-refractivity contribution in [1.82, 2.24) is 9.88 Å². The third-order valence-corrected chi connectivity index (χ3v) is 7.92. The van der Waals surface area contributed by atoms with Crippen molar-refractivity contribution in [2.24, 2.45) is 0 Å². The van der Waals surface area contributed by atoms with Crippen LogP contribution in [0.25, 0.3) is 16.5 Å². The van der Waals surface area contributed by atoms with E-state index in [9.17, 15) is 19.8 Å². The van der Waals surface area contributed by atoms with E-state index in [4.69, 9.17) is 15.0 Å². The molecule has 0 radical (unpaired) electrons. The van der Waals surface area contributed by atoms with Crippen molar-refractivity contribution in [2.75, 3.05) is 13.6 Å². The molecular weight excluding hydrogens is 538 g/mol. The van der Waals surface area contributed by atoms with Gasteiger partial charge >= 0.3 is 11.9 Å². The van der Waals surface area contributed by atoms with Gasteiger partial charge in [-0.3, -0.25) is 4.98 Å². The van der Waals surface area contributed by atoms with Gasteiger partial charge in [0.25, 0.3) is 0 Å². The molecule has 2 aliphatic heterocycles. The smallest absolute Gasteiger partial charge is 0.346 e. The predicted molar refractivity (Wildman–Crippen MR) is 156 cm³/mol. The van der Waals surface area contributed by atoms with E-state index in [1.54, 1.807) is 12.1 Å². The number of carboxylic acids is 2. The van der Waals surface area contributed by atoms with Gasteiger partial charge in [-0.05, 0) is 66.1 Å². The van der Waals surface area contributed by atoms with E-state index >= 15 is 0 Å². The molecule has 1 aromatic carbocycles.